The summed E-state index contributed by atoms with van der Waals surface area (Å²) in [5.41, 5.74) is 2.70. The summed E-state index contributed by atoms with van der Waals surface area (Å²) in [4.78, 5) is 28.9. The van der Waals surface area contributed by atoms with Gasteiger partial charge in [-0.05, 0) is 48.4 Å². The summed E-state index contributed by atoms with van der Waals surface area (Å²) >= 11 is 0. The van der Waals surface area contributed by atoms with Gasteiger partial charge in [-0.2, -0.15) is 0 Å². The Balaban J connectivity index is 1.46. The van der Waals surface area contributed by atoms with Crippen LogP contribution in [-0.2, 0) is 16.0 Å². The van der Waals surface area contributed by atoms with Crippen LogP contribution in [0.25, 0.3) is 10.9 Å². The molecule has 1 saturated carbocycles. The van der Waals surface area contributed by atoms with Gasteiger partial charge < -0.3 is 15.6 Å². The summed E-state index contributed by atoms with van der Waals surface area (Å²) in [6, 6.07) is 14.1. The number of aromatic amines is 1. The number of H-pyrrole nitrogens is 1. The highest BCUT2D eigenvalue weighted by atomic mass is 19.1. The van der Waals surface area contributed by atoms with Crippen molar-refractivity contribution >= 4 is 22.7 Å². The molecule has 2 aromatic carbocycles. The van der Waals surface area contributed by atoms with E-state index in [1.54, 1.807) is 6.07 Å². The summed E-state index contributed by atoms with van der Waals surface area (Å²) in [5.74, 6) is -0.654. The number of carbonyl (C=O) groups is 2. The molecule has 168 valence electrons. The number of hydrogen-bond acceptors (Lipinski definition) is 2. The van der Waals surface area contributed by atoms with E-state index in [1.165, 1.54) is 6.07 Å². The number of nitrogens with one attached hydrogen (secondary N) is 3. The zero-order valence-electron chi connectivity index (χ0n) is 18.5. The van der Waals surface area contributed by atoms with Gasteiger partial charge in [0, 0.05) is 35.5 Å². The van der Waals surface area contributed by atoms with Crippen molar-refractivity contribution in [3.63, 3.8) is 0 Å². The average molecular weight is 436 g/mol. The monoisotopic (exact) mass is 435 g/mol. The van der Waals surface area contributed by atoms with E-state index in [2.05, 4.69) is 15.6 Å². The van der Waals surface area contributed by atoms with Crippen LogP contribution in [0.15, 0.2) is 54.7 Å². The van der Waals surface area contributed by atoms with Crippen LogP contribution >= 0.6 is 0 Å². The van der Waals surface area contributed by atoms with Gasteiger partial charge in [0.15, 0.2) is 0 Å². The molecule has 3 unspecified atom stereocenters. The van der Waals surface area contributed by atoms with Gasteiger partial charge >= 0.3 is 0 Å². The van der Waals surface area contributed by atoms with E-state index in [4.69, 9.17) is 0 Å². The lowest BCUT2D eigenvalue weighted by atomic mass is 9.97. The van der Waals surface area contributed by atoms with Crippen molar-refractivity contribution in [2.45, 2.75) is 57.5 Å². The highest BCUT2D eigenvalue weighted by molar-refractivity contribution is 5.90. The molecular weight excluding hydrogens is 405 g/mol. The number of aromatic nitrogens is 1. The Morgan fingerprint density at radius 1 is 1.06 bits per heavy atom. The van der Waals surface area contributed by atoms with E-state index in [0.717, 1.165) is 29.3 Å². The fraction of sp³-hybridized carbons (Fsp3) is 0.385. The zero-order valence-corrected chi connectivity index (χ0v) is 18.5. The summed E-state index contributed by atoms with van der Waals surface area (Å²) in [5, 5.41) is 7.08. The molecule has 3 aromatic rings. The summed E-state index contributed by atoms with van der Waals surface area (Å²) in [6.07, 6.45) is 4.62. The molecule has 3 atom stereocenters. The minimum absolute atomic E-state index is 0.0338. The Kier molecular flexibility index (Phi) is 6.58. The molecule has 2 amide bonds. The highest BCUT2D eigenvalue weighted by Gasteiger charge is 2.31. The molecule has 1 heterocycles. The van der Waals surface area contributed by atoms with Crippen LogP contribution in [-0.4, -0.2) is 28.9 Å². The van der Waals surface area contributed by atoms with Crippen molar-refractivity contribution in [2.24, 2.45) is 5.92 Å². The molecule has 4 rings (SSSR count). The zero-order chi connectivity index (χ0) is 22.7. The van der Waals surface area contributed by atoms with Crippen LogP contribution in [0.1, 0.15) is 50.2 Å². The first-order chi connectivity index (χ1) is 15.4. The molecule has 0 radical (unpaired) electrons. The van der Waals surface area contributed by atoms with Gasteiger partial charge in [0.25, 0.3) is 0 Å². The molecule has 32 heavy (non-hydrogen) atoms. The van der Waals surface area contributed by atoms with E-state index >= 15 is 0 Å². The maximum absolute atomic E-state index is 14.2. The number of carbonyl (C=O) groups excluding carboxylic acids is 2. The third kappa shape index (κ3) is 4.85. The van der Waals surface area contributed by atoms with Crippen LogP contribution in [0.4, 0.5) is 4.39 Å². The van der Waals surface area contributed by atoms with E-state index in [0.29, 0.717) is 18.4 Å². The number of rotatable bonds is 7. The lowest BCUT2D eigenvalue weighted by molar-refractivity contribution is -0.130. The second-order valence-corrected chi connectivity index (χ2v) is 9.02. The Labute approximate surface area is 187 Å². The smallest absolute Gasteiger partial charge is 0.243 e. The lowest BCUT2D eigenvalue weighted by Gasteiger charge is -2.22. The number of hydrogen-bond donors (Lipinski definition) is 3. The molecule has 0 bridgehead atoms. The van der Waals surface area contributed by atoms with Gasteiger partial charge in [-0.3, -0.25) is 9.59 Å². The van der Waals surface area contributed by atoms with Crippen molar-refractivity contribution in [1.82, 2.24) is 15.6 Å². The van der Waals surface area contributed by atoms with Crippen molar-refractivity contribution in [3.05, 3.63) is 71.7 Å². The average Bonchev–Trinajstić information content (AvgIpc) is 3.40. The fourth-order valence-electron chi connectivity index (χ4n) is 4.57. The molecule has 3 N–H and O–H groups in total. The SMILES string of the molecule is CC(C)C(=O)NC(Cc1c[nH]c2ccccc12)C(=O)NC1CCC(c2ccccc2F)C1. The largest absolute Gasteiger partial charge is 0.361 e. The van der Waals surface area contributed by atoms with Crippen molar-refractivity contribution in [2.75, 3.05) is 0 Å². The van der Waals surface area contributed by atoms with Gasteiger partial charge in [0.1, 0.15) is 11.9 Å². The highest BCUT2D eigenvalue weighted by Crippen LogP contribution is 2.35. The van der Waals surface area contributed by atoms with E-state index in [-0.39, 0.29) is 35.5 Å². The van der Waals surface area contributed by atoms with Gasteiger partial charge in [0.2, 0.25) is 11.8 Å². The normalized spacial score (nSPS) is 19.2. The minimum Gasteiger partial charge on any atom is -0.361 e. The molecule has 1 fully saturated rings. The van der Waals surface area contributed by atoms with Crippen LogP contribution in [0.3, 0.4) is 0 Å². The maximum Gasteiger partial charge on any atom is 0.243 e. The van der Waals surface area contributed by atoms with Gasteiger partial charge in [-0.15, -0.1) is 0 Å². The van der Waals surface area contributed by atoms with Gasteiger partial charge in [-0.1, -0.05) is 50.2 Å². The van der Waals surface area contributed by atoms with Crippen molar-refractivity contribution in [3.8, 4) is 0 Å². The summed E-state index contributed by atoms with van der Waals surface area (Å²) in [7, 11) is 0. The second-order valence-electron chi connectivity index (χ2n) is 9.02. The predicted molar refractivity (Wildman–Crippen MR) is 124 cm³/mol. The molecule has 0 spiro atoms. The molecule has 0 aliphatic heterocycles. The molecule has 5 nitrogen and oxygen atoms in total. The number of fused-ring (bicyclic) bond motifs is 1. The summed E-state index contributed by atoms with van der Waals surface area (Å²) < 4.78 is 14.2. The predicted octanol–water partition coefficient (Wildman–Crippen LogP) is 4.44. The first kappa shape index (κ1) is 22.1. The Morgan fingerprint density at radius 2 is 1.81 bits per heavy atom. The Hall–Kier alpha value is -3.15. The maximum atomic E-state index is 14.2. The molecule has 0 saturated heterocycles. The number of benzene rings is 2. The third-order valence-corrected chi connectivity index (χ3v) is 6.38. The van der Waals surface area contributed by atoms with E-state index < -0.39 is 6.04 Å². The molecule has 6 heteroatoms. The summed E-state index contributed by atoms with van der Waals surface area (Å²) in [6.45, 7) is 3.62. The first-order valence-electron chi connectivity index (χ1n) is 11.3. The van der Waals surface area contributed by atoms with Crippen molar-refractivity contribution < 1.29 is 14.0 Å². The minimum atomic E-state index is -0.670. The number of para-hydroxylation sites is 1. The van der Waals surface area contributed by atoms with Crippen LogP contribution in [0.5, 0.6) is 0 Å². The van der Waals surface area contributed by atoms with E-state index in [9.17, 15) is 14.0 Å². The quantitative estimate of drug-likeness (QED) is 0.513. The Bertz CT molecular complexity index is 1110. The number of halogens is 1. The molecule has 1 aromatic heterocycles. The number of amides is 2. The lowest BCUT2D eigenvalue weighted by Crippen LogP contribution is -2.51. The van der Waals surface area contributed by atoms with Crippen molar-refractivity contribution in [1.29, 1.82) is 0 Å². The van der Waals surface area contributed by atoms with E-state index in [1.807, 2.05) is 56.4 Å². The molecular formula is C26H30FN3O2. The molecule has 1 aliphatic rings. The standard InChI is InChI=1S/C26H30FN3O2/c1-16(2)25(31)30-24(14-18-15-28-23-10-6-4-8-21(18)23)26(32)29-19-12-11-17(13-19)20-7-3-5-9-22(20)27/h3-10,15-17,19,24,28H,11-14H2,1-2H3,(H,29,32)(H,30,31). The van der Waals surface area contributed by atoms with Crippen LogP contribution in [0.2, 0.25) is 0 Å². The topological polar surface area (TPSA) is 74.0 Å². The van der Waals surface area contributed by atoms with Gasteiger partial charge in [0.05, 0.1) is 0 Å². The Morgan fingerprint density at radius 3 is 2.59 bits per heavy atom. The van der Waals surface area contributed by atoms with Crippen LogP contribution < -0.4 is 10.6 Å². The fourth-order valence-corrected chi connectivity index (χ4v) is 4.57. The molecule has 1 aliphatic carbocycles. The second kappa shape index (κ2) is 9.55. The van der Waals surface area contributed by atoms with Crippen LogP contribution in [0, 0.1) is 11.7 Å². The first-order valence-corrected chi connectivity index (χ1v) is 11.3. The van der Waals surface area contributed by atoms with Gasteiger partial charge in [-0.25, -0.2) is 4.39 Å². The third-order valence-electron chi connectivity index (χ3n) is 6.38.